The number of piperidine rings is 1. The van der Waals surface area contributed by atoms with Crippen molar-refractivity contribution in [3.8, 4) is 0 Å². The number of rotatable bonds is 3. The Labute approximate surface area is 111 Å². The third-order valence-corrected chi connectivity index (χ3v) is 3.43. The van der Waals surface area contributed by atoms with Crippen molar-refractivity contribution in [1.29, 1.82) is 0 Å². The molecule has 0 aromatic heterocycles. The molecule has 5 nitrogen and oxygen atoms in total. The summed E-state index contributed by atoms with van der Waals surface area (Å²) in [4.78, 5) is 10.3. The summed E-state index contributed by atoms with van der Waals surface area (Å²) in [6.45, 7) is 3.83. The van der Waals surface area contributed by atoms with Crippen LogP contribution in [0.5, 0.6) is 0 Å². The van der Waals surface area contributed by atoms with Gasteiger partial charge in [0.05, 0.1) is 10.6 Å². The van der Waals surface area contributed by atoms with Gasteiger partial charge in [0.2, 0.25) is 0 Å². The molecule has 1 aliphatic rings. The average molecular weight is 270 g/mol. The molecule has 1 saturated heterocycles. The van der Waals surface area contributed by atoms with Crippen molar-refractivity contribution in [2.45, 2.75) is 26.2 Å². The molecule has 0 aliphatic carbocycles. The van der Waals surface area contributed by atoms with Gasteiger partial charge in [0.25, 0.3) is 5.69 Å². The number of hydrogen-bond acceptors (Lipinski definition) is 4. The van der Waals surface area contributed by atoms with Crippen LogP contribution in [-0.2, 0) is 0 Å². The molecular weight excluding hydrogens is 254 g/mol. The lowest BCUT2D eigenvalue weighted by Crippen LogP contribution is -2.35. The predicted molar refractivity (Wildman–Crippen MR) is 71.9 cm³/mol. The van der Waals surface area contributed by atoms with E-state index in [1.807, 2.05) is 6.92 Å². The van der Waals surface area contributed by atoms with Crippen LogP contribution in [0.25, 0.3) is 0 Å². The van der Waals surface area contributed by atoms with Crippen LogP contribution in [0, 0.1) is 17.0 Å². The van der Waals surface area contributed by atoms with Gasteiger partial charge >= 0.3 is 0 Å². The number of nitrogens with one attached hydrogen (secondary N) is 1. The summed E-state index contributed by atoms with van der Waals surface area (Å²) in [6, 6.07) is 3.14. The first-order valence-corrected chi connectivity index (χ1v) is 6.42. The number of hydrogen-bond donors (Lipinski definition) is 1. The molecule has 0 radical (unpaired) electrons. The van der Waals surface area contributed by atoms with Gasteiger partial charge in [0.15, 0.2) is 0 Å². The first-order chi connectivity index (χ1) is 8.58. The Kier molecular flexibility index (Phi) is 4.04. The average Bonchev–Trinajstić information content (AvgIpc) is 2.34. The molecule has 98 valence electrons. The molecule has 0 amide bonds. The van der Waals surface area contributed by atoms with Gasteiger partial charge in [-0.3, -0.25) is 10.1 Å². The normalized spacial score (nSPS) is 16.6. The predicted octanol–water partition coefficient (Wildman–Crippen LogP) is 3.37. The summed E-state index contributed by atoms with van der Waals surface area (Å²) in [7, 11) is 0. The number of hydrazine groups is 1. The van der Waals surface area contributed by atoms with Gasteiger partial charge in [0, 0.05) is 19.2 Å². The minimum Gasteiger partial charge on any atom is -0.319 e. The Hall–Kier alpha value is -1.33. The van der Waals surface area contributed by atoms with Crippen LogP contribution in [0.2, 0.25) is 5.02 Å². The fourth-order valence-corrected chi connectivity index (χ4v) is 2.34. The second-order valence-electron chi connectivity index (χ2n) is 4.54. The number of benzene rings is 1. The van der Waals surface area contributed by atoms with E-state index >= 15 is 0 Å². The van der Waals surface area contributed by atoms with Crippen molar-refractivity contribution < 1.29 is 4.92 Å². The van der Waals surface area contributed by atoms with Gasteiger partial charge in [-0.15, -0.1) is 0 Å². The first kappa shape index (κ1) is 13.1. The van der Waals surface area contributed by atoms with Gasteiger partial charge < -0.3 is 5.43 Å². The maximum Gasteiger partial charge on any atom is 0.288 e. The van der Waals surface area contributed by atoms with Gasteiger partial charge in [-0.1, -0.05) is 18.0 Å². The van der Waals surface area contributed by atoms with Crippen molar-refractivity contribution in [2.24, 2.45) is 0 Å². The largest absolute Gasteiger partial charge is 0.319 e. The zero-order chi connectivity index (χ0) is 13.1. The Morgan fingerprint density at radius 2 is 2.00 bits per heavy atom. The molecule has 0 atom stereocenters. The topological polar surface area (TPSA) is 58.4 Å². The van der Waals surface area contributed by atoms with Crippen LogP contribution in [0.1, 0.15) is 24.8 Å². The van der Waals surface area contributed by atoms with Crippen LogP contribution in [0.3, 0.4) is 0 Å². The number of halogens is 1. The molecule has 2 rings (SSSR count). The van der Waals surface area contributed by atoms with Crippen LogP contribution in [0.4, 0.5) is 11.4 Å². The second kappa shape index (κ2) is 5.54. The number of nitro benzene ring substituents is 1. The maximum absolute atomic E-state index is 10.8. The summed E-state index contributed by atoms with van der Waals surface area (Å²) in [6.07, 6.45) is 3.61. The van der Waals surface area contributed by atoms with Crippen LogP contribution >= 0.6 is 11.6 Å². The van der Waals surface area contributed by atoms with Gasteiger partial charge in [-0.05, 0) is 31.4 Å². The highest BCUT2D eigenvalue weighted by molar-refractivity contribution is 6.33. The maximum atomic E-state index is 10.8. The second-order valence-corrected chi connectivity index (χ2v) is 4.94. The number of anilines is 1. The standard InChI is InChI=1S/C12H16ClN3O2/c1-9-7-12(16(17)18)10(13)8-11(9)14-15-5-3-2-4-6-15/h7-8,14H,2-6H2,1H3. The summed E-state index contributed by atoms with van der Waals surface area (Å²) in [5.41, 5.74) is 4.91. The summed E-state index contributed by atoms with van der Waals surface area (Å²) in [5.74, 6) is 0. The van der Waals surface area contributed by atoms with Crippen LogP contribution in [0.15, 0.2) is 12.1 Å². The molecule has 1 aliphatic heterocycles. The van der Waals surface area contributed by atoms with E-state index in [-0.39, 0.29) is 10.7 Å². The van der Waals surface area contributed by atoms with Crippen molar-refractivity contribution in [3.05, 3.63) is 32.8 Å². The zero-order valence-electron chi connectivity index (χ0n) is 10.3. The van der Waals surface area contributed by atoms with E-state index < -0.39 is 4.92 Å². The molecule has 0 saturated carbocycles. The van der Waals surface area contributed by atoms with Crippen molar-refractivity contribution in [1.82, 2.24) is 5.01 Å². The van der Waals surface area contributed by atoms with Crippen molar-refractivity contribution in [2.75, 3.05) is 18.5 Å². The van der Waals surface area contributed by atoms with Crippen molar-refractivity contribution in [3.63, 3.8) is 0 Å². The van der Waals surface area contributed by atoms with Gasteiger partial charge in [-0.2, -0.15) is 0 Å². The number of nitro groups is 1. The molecule has 0 bridgehead atoms. The van der Waals surface area contributed by atoms with E-state index in [2.05, 4.69) is 10.4 Å². The minimum absolute atomic E-state index is 0.0432. The van der Waals surface area contributed by atoms with Crippen molar-refractivity contribution >= 4 is 23.0 Å². The fourth-order valence-electron chi connectivity index (χ4n) is 2.10. The SMILES string of the molecule is Cc1cc([N+](=O)[O-])c(Cl)cc1NN1CCCCC1. The molecule has 1 aromatic rings. The monoisotopic (exact) mass is 269 g/mol. The lowest BCUT2D eigenvalue weighted by molar-refractivity contribution is -0.384. The Balaban J connectivity index is 2.18. The molecule has 6 heteroatoms. The van der Waals surface area contributed by atoms with E-state index in [0.29, 0.717) is 0 Å². The molecule has 1 heterocycles. The van der Waals surface area contributed by atoms with E-state index in [1.165, 1.54) is 25.3 Å². The summed E-state index contributed by atoms with van der Waals surface area (Å²) < 4.78 is 0. The van der Waals surface area contributed by atoms with Crippen LogP contribution < -0.4 is 5.43 Å². The van der Waals surface area contributed by atoms with Gasteiger partial charge in [0.1, 0.15) is 5.02 Å². The molecule has 1 aromatic carbocycles. The lowest BCUT2D eigenvalue weighted by Gasteiger charge is -2.28. The van der Waals surface area contributed by atoms with E-state index in [4.69, 9.17) is 11.6 Å². The summed E-state index contributed by atoms with van der Waals surface area (Å²) >= 11 is 5.91. The molecule has 0 spiro atoms. The minimum atomic E-state index is -0.458. The molecule has 1 fully saturated rings. The highest BCUT2D eigenvalue weighted by Crippen LogP contribution is 2.31. The lowest BCUT2D eigenvalue weighted by atomic mass is 10.1. The van der Waals surface area contributed by atoms with E-state index in [1.54, 1.807) is 6.07 Å². The highest BCUT2D eigenvalue weighted by Gasteiger charge is 2.17. The summed E-state index contributed by atoms with van der Waals surface area (Å²) in [5, 5.41) is 13.1. The third kappa shape index (κ3) is 2.91. The molecule has 1 N–H and O–H groups in total. The quantitative estimate of drug-likeness (QED) is 0.675. The van der Waals surface area contributed by atoms with Gasteiger partial charge in [-0.25, -0.2) is 5.01 Å². The Morgan fingerprint density at radius 3 is 2.61 bits per heavy atom. The Bertz CT molecular complexity index is 459. The first-order valence-electron chi connectivity index (χ1n) is 6.04. The Morgan fingerprint density at radius 1 is 1.33 bits per heavy atom. The highest BCUT2D eigenvalue weighted by atomic mass is 35.5. The third-order valence-electron chi connectivity index (χ3n) is 3.13. The smallest absolute Gasteiger partial charge is 0.288 e. The number of aryl methyl sites for hydroxylation is 1. The van der Waals surface area contributed by atoms with Crippen LogP contribution in [-0.4, -0.2) is 23.0 Å². The molecular formula is C12H16ClN3O2. The fraction of sp³-hybridized carbons (Fsp3) is 0.500. The zero-order valence-corrected chi connectivity index (χ0v) is 11.0. The van der Waals surface area contributed by atoms with E-state index in [0.717, 1.165) is 24.3 Å². The molecule has 0 unspecified atom stereocenters. The molecule has 18 heavy (non-hydrogen) atoms. The van der Waals surface area contributed by atoms with E-state index in [9.17, 15) is 10.1 Å². The number of nitrogens with zero attached hydrogens (tertiary/aromatic N) is 2.